The maximum absolute atomic E-state index is 9.85. The zero-order valence-corrected chi connectivity index (χ0v) is 12.6. The minimum absolute atomic E-state index is 0.00190. The molecule has 1 aromatic rings. The smallest absolute Gasteiger partial charge is 0.373 e. The third-order valence-corrected chi connectivity index (χ3v) is 4.64. The van der Waals surface area contributed by atoms with Gasteiger partial charge in [-0.05, 0) is 30.2 Å². The molecule has 0 aromatic heterocycles. The normalized spacial score (nSPS) is 21.7. The number of hydrogen-bond donors (Lipinski definition) is 1. The predicted molar refractivity (Wildman–Crippen MR) is 77.8 cm³/mol. The van der Waals surface area contributed by atoms with Crippen LogP contribution in [0.3, 0.4) is 0 Å². The van der Waals surface area contributed by atoms with Crippen molar-refractivity contribution in [2.45, 2.75) is 37.9 Å². The van der Waals surface area contributed by atoms with E-state index in [0.717, 1.165) is 32.1 Å². The first-order chi connectivity index (χ1) is 10.7. The van der Waals surface area contributed by atoms with Gasteiger partial charge in [0.1, 0.15) is 0 Å². The second kappa shape index (κ2) is 7.65. The lowest BCUT2D eigenvalue weighted by Gasteiger charge is -2.43. The molecule has 5 heteroatoms. The van der Waals surface area contributed by atoms with Crippen LogP contribution < -0.4 is 0 Å². The van der Waals surface area contributed by atoms with E-state index >= 15 is 0 Å². The largest absolute Gasteiger partial charge is 0.396 e. The minimum atomic E-state index is -0.338. The summed E-state index contributed by atoms with van der Waals surface area (Å²) >= 11 is 0. The molecule has 1 saturated carbocycles. The SMILES string of the molecule is O=C=O.OCC1(Cc2ccccc2)CCC2(CC1)OCCO2. The second-order valence-corrected chi connectivity index (χ2v) is 6.01. The van der Waals surface area contributed by atoms with E-state index in [1.807, 2.05) is 6.07 Å². The van der Waals surface area contributed by atoms with Crippen LogP contribution in [0.25, 0.3) is 0 Å². The summed E-state index contributed by atoms with van der Waals surface area (Å²) in [6.45, 7) is 1.67. The number of aliphatic hydroxyl groups is 1. The number of hydrogen-bond acceptors (Lipinski definition) is 5. The van der Waals surface area contributed by atoms with Gasteiger partial charge in [-0.1, -0.05) is 30.3 Å². The average molecular weight is 306 g/mol. The molecule has 5 nitrogen and oxygen atoms in total. The van der Waals surface area contributed by atoms with Crippen molar-refractivity contribution < 1.29 is 24.2 Å². The molecular formula is C17H22O5. The molecular weight excluding hydrogens is 284 g/mol. The predicted octanol–water partition coefficient (Wildman–Crippen LogP) is 1.94. The van der Waals surface area contributed by atoms with E-state index in [1.165, 1.54) is 5.56 Å². The van der Waals surface area contributed by atoms with Crippen LogP contribution in [-0.4, -0.2) is 36.9 Å². The molecule has 120 valence electrons. The lowest BCUT2D eigenvalue weighted by atomic mass is 9.69. The van der Waals surface area contributed by atoms with Crippen LogP contribution >= 0.6 is 0 Å². The molecule has 0 atom stereocenters. The van der Waals surface area contributed by atoms with Crippen molar-refractivity contribution in [3.05, 3.63) is 35.9 Å². The van der Waals surface area contributed by atoms with Gasteiger partial charge in [-0.25, -0.2) is 0 Å². The van der Waals surface area contributed by atoms with E-state index in [-0.39, 0.29) is 24.0 Å². The lowest BCUT2D eigenvalue weighted by Crippen LogP contribution is -2.42. The zero-order chi connectivity index (χ0) is 15.9. The first kappa shape index (κ1) is 16.8. The third kappa shape index (κ3) is 4.02. The highest BCUT2D eigenvalue weighted by atomic mass is 16.7. The van der Waals surface area contributed by atoms with Gasteiger partial charge in [-0.3, -0.25) is 0 Å². The van der Waals surface area contributed by atoms with Crippen LogP contribution in [0, 0.1) is 5.41 Å². The number of rotatable bonds is 3. The number of benzene rings is 1. The summed E-state index contributed by atoms with van der Waals surface area (Å²) in [6.07, 6.45) is 4.94. The highest BCUT2D eigenvalue weighted by molar-refractivity contribution is 5.20. The summed E-state index contributed by atoms with van der Waals surface area (Å²) in [4.78, 5) is 16.2. The minimum Gasteiger partial charge on any atom is -0.396 e. The molecule has 0 amide bonds. The van der Waals surface area contributed by atoms with Crippen molar-refractivity contribution in [3.8, 4) is 0 Å². The van der Waals surface area contributed by atoms with Crippen LogP contribution in [0.4, 0.5) is 0 Å². The maximum atomic E-state index is 9.85. The Morgan fingerprint density at radius 3 is 2.05 bits per heavy atom. The summed E-state index contributed by atoms with van der Waals surface area (Å²) in [6, 6.07) is 10.4. The lowest BCUT2D eigenvalue weighted by molar-refractivity contribution is -0.194. The molecule has 1 aliphatic carbocycles. The van der Waals surface area contributed by atoms with E-state index in [9.17, 15) is 5.11 Å². The summed E-state index contributed by atoms with van der Waals surface area (Å²) in [5, 5.41) is 9.85. The fraction of sp³-hybridized carbons (Fsp3) is 0.588. The van der Waals surface area contributed by atoms with Gasteiger partial charge < -0.3 is 14.6 Å². The Morgan fingerprint density at radius 1 is 1.00 bits per heavy atom. The molecule has 1 heterocycles. The van der Waals surface area contributed by atoms with Crippen molar-refractivity contribution in [2.24, 2.45) is 5.41 Å². The van der Waals surface area contributed by atoms with Crippen LogP contribution in [0.15, 0.2) is 30.3 Å². The van der Waals surface area contributed by atoms with Crippen molar-refractivity contribution in [1.29, 1.82) is 0 Å². The van der Waals surface area contributed by atoms with Crippen LogP contribution in [0.2, 0.25) is 0 Å². The fourth-order valence-electron chi connectivity index (χ4n) is 3.37. The molecule has 0 unspecified atom stereocenters. The molecule has 1 N–H and O–H groups in total. The van der Waals surface area contributed by atoms with E-state index in [1.54, 1.807) is 0 Å². The van der Waals surface area contributed by atoms with Crippen molar-refractivity contribution in [1.82, 2.24) is 0 Å². The number of ether oxygens (including phenoxy) is 2. The second-order valence-electron chi connectivity index (χ2n) is 6.01. The number of aliphatic hydroxyl groups excluding tert-OH is 1. The van der Waals surface area contributed by atoms with Gasteiger partial charge in [0, 0.05) is 19.4 Å². The summed E-state index contributed by atoms with van der Waals surface area (Å²) in [5.74, 6) is -0.338. The van der Waals surface area contributed by atoms with Crippen molar-refractivity contribution in [3.63, 3.8) is 0 Å². The summed E-state index contributed by atoms with van der Waals surface area (Å²) < 4.78 is 11.5. The standard InChI is InChI=1S/C16H22O3.CO2/c17-13-15(12-14-4-2-1-3-5-14)6-8-16(9-7-15)18-10-11-19-16;2-1-3/h1-5,17H,6-13H2;. The highest BCUT2D eigenvalue weighted by Crippen LogP contribution is 2.46. The molecule has 1 saturated heterocycles. The summed E-state index contributed by atoms with van der Waals surface area (Å²) in [5.41, 5.74) is 1.31. The van der Waals surface area contributed by atoms with Gasteiger partial charge in [0.05, 0.1) is 13.2 Å². The highest BCUT2D eigenvalue weighted by Gasteiger charge is 2.45. The molecule has 2 fully saturated rings. The van der Waals surface area contributed by atoms with Gasteiger partial charge in [0.2, 0.25) is 0 Å². The van der Waals surface area contributed by atoms with Crippen LogP contribution in [0.1, 0.15) is 31.2 Å². The average Bonchev–Trinajstić information content (AvgIpc) is 3.01. The Hall–Kier alpha value is -1.52. The van der Waals surface area contributed by atoms with Gasteiger partial charge in [-0.2, -0.15) is 9.59 Å². The molecule has 1 aliphatic heterocycles. The molecule has 0 bridgehead atoms. The third-order valence-electron chi connectivity index (χ3n) is 4.64. The Bertz CT molecular complexity index is 477. The Kier molecular flexibility index (Phi) is 5.86. The van der Waals surface area contributed by atoms with Crippen molar-refractivity contribution in [2.75, 3.05) is 19.8 Å². The summed E-state index contributed by atoms with van der Waals surface area (Å²) in [7, 11) is 0. The van der Waals surface area contributed by atoms with Crippen molar-refractivity contribution >= 4 is 6.15 Å². The molecule has 3 rings (SSSR count). The Balaban J connectivity index is 0.000000545. The molecule has 2 aliphatic rings. The molecule has 1 aromatic carbocycles. The zero-order valence-electron chi connectivity index (χ0n) is 12.6. The van der Waals surface area contributed by atoms with E-state index in [0.29, 0.717) is 13.2 Å². The van der Waals surface area contributed by atoms with E-state index in [2.05, 4.69) is 24.3 Å². The Morgan fingerprint density at radius 2 is 1.55 bits per heavy atom. The van der Waals surface area contributed by atoms with Crippen LogP contribution in [-0.2, 0) is 25.5 Å². The maximum Gasteiger partial charge on any atom is 0.373 e. The molecule has 22 heavy (non-hydrogen) atoms. The van der Waals surface area contributed by atoms with E-state index < -0.39 is 0 Å². The van der Waals surface area contributed by atoms with Gasteiger partial charge in [0.25, 0.3) is 0 Å². The fourth-order valence-corrected chi connectivity index (χ4v) is 3.37. The van der Waals surface area contributed by atoms with Gasteiger partial charge >= 0.3 is 6.15 Å². The first-order valence-corrected chi connectivity index (χ1v) is 7.60. The Labute approximate surface area is 130 Å². The van der Waals surface area contributed by atoms with Gasteiger partial charge in [-0.15, -0.1) is 0 Å². The van der Waals surface area contributed by atoms with Crippen LogP contribution in [0.5, 0.6) is 0 Å². The van der Waals surface area contributed by atoms with Gasteiger partial charge in [0.15, 0.2) is 5.79 Å². The quantitative estimate of drug-likeness (QED) is 0.924. The van der Waals surface area contributed by atoms with E-state index in [4.69, 9.17) is 19.1 Å². The number of carbonyl (C=O) groups excluding carboxylic acids is 2. The molecule has 1 spiro atoms. The molecule has 0 radical (unpaired) electrons. The first-order valence-electron chi connectivity index (χ1n) is 7.60. The topological polar surface area (TPSA) is 72.8 Å². The monoisotopic (exact) mass is 306 g/mol.